The van der Waals surface area contributed by atoms with Gasteiger partial charge in [-0.05, 0) is 12.1 Å². The van der Waals surface area contributed by atoms with Crippen molar-refractivity contribution in [1.82, 2.24) is 0 Å². The minimum absolute atomic E-state index is 0.0221. The van der Waals surface area contributed by atoms with Gasteiger partial charge >= 0.3 is 0 Å². The zero-order valence-corrected chi connectivity index (χ0v) is 18.8. The topological polar surface area (TPSA) is 115 Å². The maximum absolute atomic E-state index is 13.5. The van der Waals surface area contributed by atoms with Gasteiger partial charge in [0, 0.05) is 5.56 Å². The molecule has 0 amide bonds. The Bertz CT molecular complexity index is 1210. The maximum Gasteiger partial charge on any atom is 0.239 e. The fourth-order valence-electron chi connectivity index (χ4n) is 3.51. The van der Waals surface area contributed by atoms with Gasteiger partial charge < -0.3 is 42.7 Å². The van der Waals surface area contributed by atoms with E-state index in [1.807, 2.05) is 0 Å². The summed E-state index contributed by atoms with van der Waals surface area (Å²) in [5, 5.41) is 10.4. The molecule has 10 nitrogen and oxygen atoms in total. The number of fused-ring (bicyclic) bond motifs is 1. The van der Waals surface area contributed by atoms with E-state index in [1.54, 1.807) is 0 Å². The highest BCUT2D eigenvalue weighted by molar-refractivity contribution is 5.97. The van der Waals surface area contributed by atoms with E-state index < -0.39 is 5.43 Å². The Morgan fingerprint density at radius 2 is 1.19 bits per heavy atom. The van der Waals surface area contributed by atoms with Gasteiger partial charge in [-0.1, -0.05) is 0 Å². The molecule has 0 aliphatic carbocycles. The third kappa shape index (κ3) is 3.33. The van der Waals surface area contributed by atoms with Crippen molar-refractivity contribution in [3.8, 4) is 57.3 Å². The summed E-state index contributed by atoms with van der Waals surface area (Å²) in [6, 6.07) is 2.90. The largest absolute Gasteiger partial charge is 0.504 e. The SMILES string of the molecule is COc1cc(-c2oc3c(OC)c(OC)c(OC)c(OC)c3c(=O)c2OC)cc(O)c1OC. The number of phenolic OH excluding ortho intramolecular Hbond substituents is 1. The van der Waals surface area contributed by atoms with Gasteiger partial charge in [-0.3, -0.25) is 4.79 Å². The van der Waals surface area contributed by atoms with E-state index in [0.29, 0.717) is 5.56 Å². The van der Waals surface area contributed by atoms with Gasteiger partial charge in [0.1, 0.15) is 5.39 Å². The molecule has 32 heavy (non-hydrogen) atoms. The van der Waals surface area contributed by atoms with Gasteiger partial charge in [-0.2, -0.15) is 0 Å². The molecule has 0 atom stereocenters. The summed E-state index contributed by atoms with van der Waals surface area (Å²) in [5.41, 5.74) is -0.210. The van der Waals surface area contributed by atoms with E-state index in [0.717, 1.165) is 0 Å². The molecule has 0 spiro atoms. The molecule has 0 unspecified atom stereocenters. The first-order chi connectivity index (χ1) is 15.4. The van der Waals surface area contributed by atoms with Crippen molar-refractivity contribution < 1.29 is 42.7 Å². The van der Waals surface area contributed by atoms with Crippen LogP contribution in [0.25, 0.3) is 22.3 Å². The number of hydrogen-bond donors (Lipinski definition) is 1. The molecule has 0 fully saturated rings. The van der Waals surface area contributed by atoms with Crippen molar-refractivity contribution in [3.05, 3.63) is 22.4 Å². The molecule has 0 bridgehead atoms. The summed E-state index contributed by atoms with van der Waals surface area (Å²) in [5.74, 6) is 0.570. The standard InChI is InChI=1S/C22H24O10/c1-25-12-9-10(8-11(23)16(12)26-2)15-19(28-4)14(24)13-17(27-3)20(29-5)22(31-7)21(30-6)18(13)32-15/h8-9,23H,1-7H3. The lowest BCUT2D eigenvalue weighted by Crippen LogP contribution is -2.11. The molecule has 1 N–H and O–H groups in total. The lowest BCUT2D eigenvalue weighted by Gasteiger charge is -2.19. The van der Waals surface area contributed by atoms with Gasteiger partial charge in [-0.25, -0.2) is 0 Å². The normalized spacial score (nSPS) is 10.6. The second-order valence-corrected chi connectivity index (χ2v) is 6.36. The molecule has 0 saturated heterocycles. The Kier molecular flexibility index (Phi) is 6.42. The third-order valence-corrected chi connectivity index (χ3v) is 4.86. The Hall–Kier alpha value is -3.95. The van der Waals surface area contributed by atoms with E-state index >= 15 is 0 Å². The molecular weight excluding hydrogens is 424 g/mol. The molecule has 172 valence electrons. The van der Waals surface area contributed by atoms with E-state index in [4.69, 9.17) is 37.6 Å². The predicted octanol–water partition coefficient (Wildman–Crippen LogP) is 3.23. The van der Waals surface area contributed by atoms with Gasteiger partial charge in [0.2, 0.25) is 34.2 Å². The summed E-state index contributed by atoms with van der Waals surface area (Å²) >= 11 is 0. The number of benzene rings is 2. The van der Waals surface area contributed by atoms with Crippen LogP contribution >= 0.6 is 0 Å². The quantitative estimate of drug-likeness (QED) is 0.551. The van der Waals surface area contributed by atoms with E-state index in [2.05, 4.69) is 0 Å². The number of aromatic hydroxyl groups is 1. The van der Waals surface area contributed by atoms with Crippen LogP contribution in [0.4, 0.5) is 0 Å². The van der Waals surface area contributed by atoms with Crippen LogP contribution in [-0.2, 0) is 0 Å². The number of phenols is 1. The molecule has 3 aromatic rings. The van der Waals surface area contributed by atoms with E-state index in [9.17, 15) is 9.90 Å². The molecule has 10 heteroatoms. The Morgan fingerprint density at radius 1 is 0.656 bits per heavy atom. The summed E-state index contributed by atoms with van der Waals surface area (Å²) < 4.78 is 43.7. The number of ether oxygens (including phenoxy) is 7. The van der Waals surface area contributed by atoms with Gasteiger partial charge in [0.25, 0.3) is 0 Å². The molecule has 0 saturated carbocycles. The van der Waals surface area contributed by atoms with Crippen molar-refractivity contribution >= 4 is 11.0 Å². The highest BCUT2D eigenvalue weighted by atomic mass is 16.5. The van der Waals surface area contributed by atoms with Crippen molar-refractivity contribution in [2.45, 2.75) is 0 Å². The molecule has 1 aromatic heterocycles. The fraction of sp³-hybridized carbons (Fsp3) is 0.318. The first-order valence-corrected chi connectivity index (χ1v) is 9.28. The summed E-state index contributed by atoms with van der Waals surface area (Å²) in [4.78, 5) is 13.5. The number of hydrogen-bond acceptors (Lipinski definition) is 10. The predicted molar refractivity (Wildman–Crippen MR) is 115 cm³/mol. The van der Waals surface area contributed by atoms with Crippen molar-refractivity contribution in [3.63, 3.8) is 0 Å². The smallest absolute Gasteiger partial charge is 0.239 e. The van der Waals surface area contributed by atoms with Crippen molar-refractivity contribution in [1.29, 1.82) is 0 Å². The minimum atomic E-state index is -0.547. The monoisotopic (exact) mass is 448 g/mol. The average molecular weight is 448 g/mol. The summed E-state index contributed by atoms with van der Waals surface area (Å²) in [6.45, 7) is 0. The van der Waals surface area contributed by atoms with E-state index in [1.165, 1.54) is 61.9 Å². The fourth-order valence-corrected chi connectivity index (χ4v) is 3.51. The molecular formula is C22H24O10. The van der Waals surface area contributed by atoms with Crippen LogP contribution in [0, 0.1) is 0 Å². The van der Waals surface area contributed by atoms with Crippen LogP contribution in [-0.4, -0.2) is 54.9 Å². The summed E-state index contributed by atoms with van der Waals surface area (Å²) in [6.07, 6.45) is 0. The van der Waals surface area contributed by atoms with Crippen LogP contribution in [0.2, 0.25) is 0 Å². The Balaban J connectivity index is 2.53. The highest BCUT2D eigenvalue weighted by Crippen LogP contribution is 2.52. The van der Waals surface area contributed by atoms with Crippen molar-refractivity contribution in [2.75, 3.05) is 49.8 Å². The van der Waals surface area contributed by atoms with Gasteiger partial charge in [0.15, 0.2) is 28.6 Å². The lowest BCUT2D eigenvalue weighted by molar-refractivity contribution is 0.306. The maximum atomic E-state index is 13.5. The van der Waals surface area contributed by atoms with Crippen molar-refractivity contribution in [2.24, 2.45) is 0 Å². The molecule has 0 radical (unpaired) electrons. The highest BCUT2D eigenvalue weighted by Gasteiger charge is 2.30. The Labute approximate surface area is 183 Å². The van der Waals surface area contributed by atoms with Gasteiger partial charge in [-0.15, -0.1) is 0 Å². The zero-order valence-electron chi connectivity index (χ0n) is 18.8. The zero-order chi connectivity index (χ0) is 23.6. The average Bonchev–Trinajstić information content (AvgIpc) is 2.81. The molecule has 2 aromatic carbocycles. The lowest BCUT2D eigenvalue weighted by atomic mass is 10.1. The number of methoxy groups -OCH3 is 7. The minimum Gasteiger partial charge on any atom is -0.504 e. The van der Waals surface area contributed by atoms with Crippen LogP contribution < -0.4 is 38.6 Å². The van der Waals surface area contributed by atoms with E-state index in [-0.39, 0.29) is 62.7 Å². The van der Waals surface area contributed by atoms with Crippen LogP contribution in [0.5, 0.6) is 46.0 Å². The summed E-state index contributed by atoms with van der Waals surface area (Å²) in [7, 11) is 9.74. The van der Waals surface area contributed by atoms with Crippen LogP contribution in [0.1, 0.15) is 0 Å². The molecule has 1 heterocycles. The second-order valence-electron chi connectivity index (χ2n) is 6.36. The molecule has 0 aliphatic heterocycles. The number of rotatable bonds is 8. The first-order valence-electron chi connectivity index (χ1n) is 9.28. The van der Waals surface area contributed by atoms with Crippen LogP contribution in [0.15, 0.2) is 21.3 Å². The second kappa shape index (κ2) is 9.04. The molecule has 3 rings (SSSR count). The van der Waals surface area contributed by atoms with Crippen LogP contribution in [0.3, 0.4) is 0 Å². The third-order valence-electron chi connectivity index (χ3n) is 4.86. The Morgan fingerprint density at radius 3 is 1.69 bits per heavy atom. The molecule has 0 aliphatic rings. The van der Waals surface area contributed by atoms with Gasteiger partial charge in [0.05, 0.1) is 49.8 Å². The first kappa shape index (κ1) is 22.7.